The van der Waals surface area contributed by atoms with Gasteiger partial charge in [0, 0.05) is 0 Å². The summed E-state index contributed by atoms with van der Waals surface area (Å²) in [5, 5.41) is 8.90. The average Bonchev–Trinajstić information content (AvgIpc) is 2.73. The number of nitrogens with zero attached hydrogens (tertiary/aromatic N) is 1. The van der Waals surface area contributed by atoms with E-state index in [-0.39, 0.29) is 0 Å². The third-order valence-electron chi connectivity index (χ3n) is 5.90. The molecule has 0 radical (unpaired) electrons. The molecule has 1 fully saturated rings. The summed E-state index contributed by atoms with van der Waals surface area (Å²) in [5.41, 5.74) is 4.48. The number of allylic oxidation sites excluding steroid dienone is 2. The molecule has 1 aliphatic carbocycles. The van der Waals surface area contributed by atoms with Crippen LogP contribution >= 0.6 is 0 Å². The second-order valence-electron chi connectivity index (χ2n) is 7.92. The summed E-state index contributed by atoms with van der Waals surface area (Å²) in [6, 6.07) is 18.8. The SMILES string of the molecule is CCCC1CCC(/C=C/CCc2ccc(-c3ccc(C#N)cc3)cc2)CC1. The standard InChI is InChI=1S/C26H31N/c1-2-5-21-8-10-22(11-9-21)6-3-4-7-23-12-16-25(17-13-23)26-18-14-24(20-27)15-19-26/h3,6,12-19,21-22H,2,4-5,7-11H2,1H3/b6-3+. The summed E-state index contributed by atoms with van der Waals surface area (Å²) in [4.78, 5) is 0. The van der Waals surface area contributed by atoms with Crippen molar-refractivity contribution >= 4 is 0 Å². The normalized spacial score (nSPS) is 19.9. The molecule has 1 heteroatoms. The summed E-state index contributed by atoms with van der Waals surface area (Å²) in [6.07, 6.45) is 15.5. The van der Waals surface area contributed by atoms with Crippen molar-refractivity contribution in [2.75, 3.05) is 0 Å². The molecule has 0 amide bonds. The Morgan fingerprint density at radius 2 is 1.56 bits per heavy atom. The van der Waals surface area contributed by atoms with Crippen LogP contribution in [0.3, 0.4) is 0 Å². The van der Waals surface area contributed by atoms with Crippen LogP contribution < -0.4 is 0 Å². The summed E-state index contributed by atoms with van der Waals surface area (Å²) < 4.78 is 0. The van der Waals surface area contributed by atoms with Crippen molar-refractivity contribution in [3.63, 3.8) is 0 Å². The van der Waals surface area contributed by atoms with Crippen molar-refractivity contribution in [2.24, 2.45) is 11.8 Å². The maximum Gasteiger partial charge on any atom is 0.0991 e. The van der Waals surface area contributed by atoms with E-state index in [1.807, 2.05) is 24.3 Å². The minimum atomic E-state index is 0.709. The van der Waals surface area contributed by atoms with Crippen LogP contribution in [0.4, 0.5) is 0 Å². The fourth-order valence-electron chi connectivity index (χ4n) is 4.22. The monoisotopic (exact) mass is 357 g/mol. The summed E-state index contributed by atoms with van der Waals surface area (Å²) >= 11 is 0. The first-order valence-corrected chi connectivity index (χ1v) is 10.5. The third kappa shape index (κ3) is 5.83. The molecule has 0 unspecified atom stereocenters. The van der Waals surface area contributed by atoms with Crippen LogP contribution in [0.5, 0.6) is 0 Å². The molecule has 2 aromatic rings. The highest BCUT2D eigenvalue weighted by Crippen LogP contribution is 2.32. The van der Waals surface area contributed by atoms with E-state index in [0.29, 0.717) is 5.56 Å². The van der Waals surface area contributed by atoms with Crippen LogP contribution in [0.25, 0.3) is 11.1 Å². The van der Waals surface area contributed by atoms with Gasteiger partial charge in [-0.25, -0.2) is 0 Å². The molecule has 0 aromatic heterocycles. The Morgan fingerprint density at radius 3 is 2.15 bits per heavy atom. The lowest BCUT2D eigenvalue weighted by Crippen LogP contribution is -2.12. The molecule has 2 aromatic carbocycles. The van der Waals surface area contributed by atoms with E-state index in [2.05, 4.69) is 49.4 Å². The van der Waals surface area contributed by atoms with Gasteiger partial charge in [-0.1, -0.05) is 68.3 Å². The zero-order valence-corrected chi connectivity index (χ0v) is 16.5. The molecule has 0 spiro atoms. The molecule has 0 atom stereocenters. The van der Waals surface area contributed by atoms with Crippen LogP contribution in [0.15, 0.2) is 60.7 Å². The maximum atomic E-state index is 8.90. The predicted octanol–water partition coefficient (Wildman–Crippen LogP) is 7.32. The number of hydrogen-bond acceptors (Lipinski definition) is 1. The minimum absolute atomic E-state index is 0.709. The van der Waals surface area contributed by atoms with Gasteiger partial charge in [0.05, 0.1) is 11.6 Å². The van der Waals surface area contributed by atoms with Gasteiger partial charge in [-0.2, -0.15) is 5.26 Å². The molecular weight excluding hydrogens is 326 g/mol. The zero-order chi connectivity index (χ0) is 18.9. The van der Waals surface area contributed by atoms with Gasteiger partial charge in [-0.15, -0.1) is 0 Å². The topological polar surface area (TPSA) is 23.8 Å². The smallest absolute Gasteiger partial charge is 0.0991 e. The van der Waals surface area contributed by atoms with Gasteiger partial charge in [-0.05, 0) is 79.2 Å². The van der Waals surface area contributed by atoms with Gasteiger partial charge in [0.15, 0.2) is 0 Å². The molecule has 1 aliphatic rings. The lowest BCUT2D eigenvalue weighted by molar-refractivity contribution is 0.294. The Kier molecular flexibility index (Phi) is 7.28. The summed E-state index contributed by atoms with van der Waals surface area (Å²) in [5.74, 6) is 1.81. The molecule has 0 heterocycles. The van der Waals surface area contributed by atoms with Crippen molar-refractivity contribution < 1.29 is 0 Å². The van der Waals surface area contributed by atoms with Gasteiger partial charge in [-0.3, -0.25) is 0 Å². The van der Waals surface area contributed by atoms with E-state index in [9.17, 15) is 0 Å². The summed E-state index contributed by atoms with van der Waals surface area (Å²) in [6.45, 7) is 2.31. The Bertz CT molecular complexity index is 753. The summed E-state index contributed by atoms with van der Waals surface area (Å²) in [7, 11) is 0. The number of aryl methyl sites for hydroxylation is 1. The van der Waals surface area contributed by atoms with Gasteiger partial charge in [0.25, 0.3) is 0 Å². The maximum absolute atomic E-state index is 8.90. The second kappa shape index (κ2) is 10.1. The van der Waals surface area contributed by atoms with E-state index in [0.717, 1.165) is 24.7 Å². The largest absolute Gasteiger partial charge is 0.192 e. The van der Waals surface area contributed by atoms with Gasteiger partial charge in [0.1, 0.15) is 0 Å². The fraction of sp³-hybridized carbons (Fsp3) is 0.423. The minimum Gasteiger partial charge on any atom is -0.192 e. The molecule has 140 valence electrons. The van der Waals surface area contributed by atoms with E-state index < -0.39 is 0 Å². The highest BCUT2D eigenvalue weighted by Gasteiger charge is 2.18. The van der Waals surface area contributed by atoms with E-state index in [1.165, 1.54) is 55.2 Å². The Balaban J connectivity index is 1.44. The van der Waals surface area contributed by atoms with Crippen LogP contribution in [0, 0.1) is 23.2 Å². The van der Waals surface area contributed by atoms with Crippen LogP contribution in [0.2, 0.25) is 0 Å². The first kappa shape index (κ1) is 19.4. The van der Waals surface area contributed by atoms with Gasteiger partial charge in [0.2, 0.25) is 0 Å². The number of benzene rings is 2. The first-order chi connectivity index (χ1) is 13.3. The highest BCUT2D eigenvalue weighted by molar-refractivity contribution is 5.64. The highest BCUT2D eigenvalue weighted by atomic mass is 14.2. The van der Waals surface area contributed by atoms with E-state index >= 15 is 0 Å². The van der Waals surface area contributed by atoms with E-state index in [1.54, 1.807) is 0 Å². The zero-order valence-electron chi connectivity index (χ0n) is 16.5. The van der Waals surface area contributed by atoms with Crippen molar-refractivity contribution in [3.05, 3.63) is 71.8 Å². The Morgan fingerprint density at radius 1 is 0.926 bits per heavy atom. The number of nitriles is 1. The lowest BCUT2D eigenvalue weighted by atomic mass is 9.80. The molecule has 27 heavy (non-hydrogen) atoms. The number of hydrogen-bond donors (Lipinski definition) is 0. The van der Waals surface area contributed by atoms with E-state index in [4.69, 9.17) is 5.26 Å². The van der Waals surface area contributed by atoms with Crippen molar-refractivity contribution in [3.8, 4) is 17.2 Å². The fourth-order valence-corrected chi connectivity index (χ4v) is 4.22. The Hall–Kier alpha value is -2.33. The quantitative estimate of drug-likeness (QED) is 0.476. The average molecular weight is 358 g/mol. The van der Waals surface area contributed by atoms with Crippen LogP contribution in [-0.4, -0.2) is 0 Å². The predicted molar refractivity (Wildman–Crippen MR) is 114 cm³/mol. The number of rotatable bonds is 7. The second-order valence-corrected chi connectivity index (χ2v) is 7.92. The molecule has 1 nitrogen and oxygen atoms in total. The molecule has 0 saturated heterocycles. The molecule has 1 saturated carbocycles. The molecule has 0 N–H and O–H groups in total. The van der Waals surface area contributed by atoms with Crippen molar-refractivity contribution in [2.45, 2.75) is 58.3 Å². The van der Waals surface area contributed by atoms with Crippen LogP contribution in [-0.2, 0) is 6.42 Å². The molecule has 0 aliphatic heterocycles. The molecule has 3 rings (SSSR count). The first-order valence-electron chi connectivity index (χ1n) is 10.5. The van der Waals surface area contributed by atoms with Gasteiger partial charge >= 0.3 is 0 Å². The third-order valence-corrected chi connectivity index (χ3v) is 5.90. The van der Waals surface area contributed by atoms with Crippen molar-refractivity contribution in [1.82, 2.24) is 0 Å². The van der Waals surface area contributed by atoms with Gasteiger partial charge < -0.3 is 0 Å². The molecular formula is C26H31N. The molecule has 0 bridgehead atoms. The lowest BCUT2D eigenvalue weighted by Gasteiger charge is -2.26. The Labute approximate surface area is 164 Å². The van der Waals surface area contributed by atoms with Crippen LogP contribution in [0.1, 0.15) is 63.0 Å². The van der Waals surface area contributed by atoms with Crippen molar-refractivity contribution in [1.29, 1.82) is 5.26 Å².